The van der Waals surface area contributed by atoms with E-state index in [-0.39, 0.29) is 5.56 Å². The van der Waals surface area contributed by atoms with Crippen LogP contribution in [0.3, 0.4) is 0 Å². The average Bonchev–Trinajstić information content (AvgIpc) is 2.89. The van der Waals surface area contributed by atoms with Crippen LogP contribution in [0.2, 0.25) is 0 Å². The van der Waals surface area contributed by atoms with Gasteiger partial charge in [0.25, 0.3) is 5.56 Å². The third-order valence-corrected chi connectivity index (χ3v) is 4.50. The highest BCUT2D eigenvalue weighted by atomic mass is 16.1. The fourth-order valence-electron chi connectivity index (χ4n) is 3.31. The number of fused-ring (bicyclic) bond motifs is 1. The largest absolute Gasteiger partial charge is 0.356 e. The van der Waals surface area contributed by atoms with Crippen LogP contribution in [0, 0.1) is 12.8 Å². The number of anilines is 1. The summed E-state index contributed by atoms with van der Waals surface area (Å²) in [5.41, 5.74) is 2.30. The molecule has 0 radical (unpaired) electrons. The van der Waals surface area contributed by atoms with E-state index < -0.39 is 0 Å². The third kappa shape index (κ3) is 2.38. The molecule has 0 N–H and O–H groups in total. The summed E-state index contributed by atoms with van der Waals surface area (Å²) >= 11 is 0. The molecule has 0 spiro atoms. The summed E-state index contributed by atoms with van der Waals surface area (Å²) in [4.78, 5) is 22.9. The van der Waals surface area contributed by atoms with Crippen molar-refractivity contribution in [3.05, 3.63) is 45.8 Å². The summed E-state index contributed by atoms with van der Waals surface area (Å²) in [6.07, 6.45) is 4.92. The fraction of sp³-hybridized carbons (Fsp3) is 0.500. The van der Waals surface area contributed by atoms with E-state index in [1.54, 1.807) is 16.9 Å². The highest BCUT2D eigenvalue weighted by Crippen LogP contribution is 2.23. The van der Waals surface area contributed by atoms with Crippen molar-refractivity contribution in [2.75, 3.05) is 18.0 Å². The first-order valence-electron chi connectivity index (χ1n) is 7.83. The van der Waals surface area contributed by atoms with Crippen LogP contribution < -0.4 is 10.5 Å². The quantitative estimate of drug-likeness (QED) is 0.844. The smallest absolute Gasteiger partial charge is 0.267 e. The fourth-order valence-corrected chi connectivity index (χ4v) is 3.31. The molecule has 6 heteroatoms. The van der Waals surface area contributed by atoms with Crippen LogP contribution in [0.25, 0.3) is 0 Å². The minimum Gasteiger partial charge on any atom is -0.356 e. The van der Waals surface area contributed by atoms with Crippen LogP contribution in [-0.4, -0.2) is 32.8 Å². The van der Waals surface area contributed by atoms with Crippen molar-refractivity contribution in [1.82, 2.24) is 19.7 Å². The summed E-state index contributed by atoms with van der Waals surface area (Å²) in [7, 11) is 0. The van der Waals surface area contributed by atoms with Gasteiger partial charge in [0.1, 0.15) is 11.6 Å². The van der Waals surface area contributed by atoms with E-state index in [4.69, 9.17) is 0 Å². The molecule has 2 aromatic rings. The van der Waals surface area contributed by atoms with Gasteiger partial charge in [-0.1, -0.05) is 0 Å². The van der Waals surface area contributed by atoms with E-state index in [1.807, 2.05) is 13.0 Å². The predicted molar refractivity (Wildman–Crippen MR) is 83.0 cm³/mol. The van der Waals surface area contributed by atoms with Gasteiger partial charge in [0.05, 0.1) is 12.2 Å². The maximum Gasteiger partial charge on any atom is 0.267 e. The highest BCUT2D eigenvalue weighted by Gasteiger charge is 2.29. The zero-order chi connectivity index (χ0) is 15.1. The molecule has 0 atom stereocenters. The predicted octanol–water partition coefficient (Wildman–Crippen LogP) is 0.967. The number of hydrogen-bond donors (Lipinski definition) is 0. The molecule has 6 nitrogen and oxygen atoms in total. The molecule has 2 aromatic heterocycles. The number of hydrogen-bond acceptors (Lipinski definition) is 5. The zero-order valence-electron chi connectivity index (χ0n) is 12.7. The maximum atomic E-state index is 12.1. The second-order valence-corrected chi connectivity index (χ2v) is 6.22. The molecule has 0 aromatic carbocycles. The summed E-state index contributed by atoms with van der Waals surface area (Å²) in [5.74, 6) is 2.22. The van der Waals surface area contributed by atoms with Crippen LogP contribution in [0.1, 0.15) is 23.5 Å². The minimum atomic E-state index is 0.0389. The Labute approximate surface area is 128 Å². The Kier molecular flexibility index (Phi) is 3.17. The molecule has 0 saturated carbocycles. The van der Waals surface area contributed by atoms with Crippen molar-refractivity contribution in [3.63, 3.8) is 0 Å². The molecule has 3 heterocycles. The summed E-state index contributed by atoms with van der Waals surface area (Å²) in [5, 5.41) is 4.55. The van der Waals surface area contributed by atoms with Crippen molar-refractivity contribution in [2.24, 2.45) is 5.92 Å². The van der Waals surface area contributed by atoms with Gasteiger partial charge in [-0.05, 0) is 37.8 Å². The normalized spacial score (nSPS) is 17.4. The molecule has 0 unspecified atom stereocenters. The zero-order valence-corrected chi connectivity index (χ0v) is 12.7. The second kappa shape index (κ2) is 5.19. The lowest BCUT2D eigenvalue weighted by Gasteiger charge is -2.40. The van der Waals surface area contributed by atoms with Gasteiger partial charge in [0.15, 0.2) is 0 Å². The first-order valence-corrected chi connectivity index (χ1v) is 7.83. The van der Waals surface area contributed by atoms with Crippen LogP contribution >= 0.6 is 0 Å². The molecule has 22 heavy (non-hydrogen) atoms. The van der Waals surface area contributed by atoms with Gasteiger partial charge in [0, 0.05) is 31.3 Å². The molecule has 114 valence electrons. The van der Waals surface area contributed by atoms with E-state index in [0.29, 0.717) is 12.5 Å². The molecule has 1 aliphatic heterocycles. The molecule has 1 aliphatic carbocycles. The summed E-state index contributed by atoms with van der Waals surface area (Å²) in [6, 6.07) is 3.71. The Hall–Kier alpha value is -2.24. The van der Waals surface area contributed by atoms with E-state index in [9.17, 15) is 4.79 Å². The second-order valence-electron chi connectivity index (χ2n) is 6.22. The summed E-state index contributed by atoms with van der Waals surface area (Å²) < 4.78 is 1.65. The molecule has 0 bridgehead atoms. The van der Waals surface area contributed by atoms with Gasteiger partial charge in [-0.25, -0.2) is 14.6 Å². The lowest BCUT2D eigenvalue weighted by molar-refractivity contribution is 0.331. The van der Waals surface area contributed by atoms with Crippen LogP contribution in [0.5, 0.6) is 0 Å². The number of aromatic nitrogens is 4. The van der Waals surface area contributed by atoms with E-state index in [0.717, 1.165) is 55.3 Å². The van der Waals surface area contributed by atoms with Crippen molar-refractivity contribution < 1.29 is 0 Å². The van der Waals surface area contributed by atoms with Crippen LogP contribution in [0.4, 0.5) is 5.82 Å². The third-order valence-electron chi connectivity index (χ3n) is 4.50. The van der Waals surface area contributed by atoms with E-state index in [2.05, 4.69) is 20.0 Å². The van der Waals surface area contributed by atoms with Gasteiger partial charge in [-0.2, -0.15) is 5.10 Å². The number of aryl methyl sites for hydroxylation is 3. The van der Waals surface area contributed by atoms with Gasteiger partial charge in [0.2, 0.25) is 0 Å². The minimum absolute atomic E-state index is 0.0389. The molecule has 4 rings (SSSR count). The first-order chi connectivity index (χ1) is 10.7. The van der Waals surface area contributed by atoms with Crippen molar-refractivity contribution in [1.29, 1.82) is 0 Å². The number of nitrogens with zero attached hydrogens (tertiary/aromatic N) is 5. The van der Waals surface area contributed by atoms with Crippen molar-refractivity contribution in [2.45, 2.75) is 32.7 Å². The Morgan fingerprint density at radius 2 is 2.18 bits per heavy atom. The number of rotatable bonds is 3. The molecular formula is C16H19N5O. The van der Waals surface area contributed by atoms with Gasteiger partial charge in [-0.3, -0.25) is 4.79 Å². The topological polar surface area (TPSA) is 63.9 Å². The molecule has 0 amide bonds. The monoisotopic (exact) mass is 297 g/mol. The lowest BCUT2D eigenvalue weighted by atomic mass is 10.0. The van der Waals surface area contributed by atoms with Gasteiger partial charge in [-0.15, -0.1) is 0 Å². The van der Waals surface area contributed by atoms with Crippen molar-refractivity contribution in [3.8, 4) is 0 Å². The molecule has 1 fully saturated rings. The molecular weight excluding hydrogens is 278 g/mol. The Morgan fingerprint density at radius 1 is 1.32 bits per heavy atom. The Balaban J connectivity index is 1.43. The SMILES string of the molecule is Cc1nccc(N2CC(Cn3nc4c(cc3=O)CCC4)C2)n1. The summed E-state index contributed by atoms with van der Waals surface area (Å²) in [6.45, 7) is 4.44. The lowest BCUT2D eigenvalue weighted by Crippen LogP contribution is -2.50. The maximum absolute atomic E-state index is 12.1. The van der Waals surface area contributed by atoms with E-state index in [1.165, 1.54) is 0 Å². The van der Waals surface area contributed by atoms with Gasteiger partial charge >= 0.3 is 0 Å². The van der Waals surface area contributed by atoms with Crippen LogP contribution in [0.15, 0.2) is 23.1 Å². The molecule has 2 aliphatic rings. The van der Waals surface area contributed by atoms with Crippen LogP contribution in [-0.2, 0) is 19.4 Å². The van der Waals surface area contributed by atoms with Crippen molar-refractivity contribution >= 4 is 5.82 Å². The van der Waals surface area contributed by atoms with E-state index >= 15 is 0 Å². The standard InChI is InChI=1S/C16H19N5O/c1-11-17-6-5-15(18-11)20-8-12(9-20)10-21-16(22)7-13-3-2-4-14(13)19-21/h5-7,12H,2-4,8-10H2,1H3. The Bertz CT molecular complexity index is 763. The average molecular weight is 297 g/mol. The Morgan fingerprint density at radius 3 is 3.00 bits per heavy atom. The van der Waals surface area contributed by atoms with Gasteiger partial charge < -0.3 is 4.90 Å². The first kappa shape index (κ1) is 13.4. The highest BCUT2D eigenvalue weighted by molar-refractivity contribution is 5.40. The molecule has 1 saturated heterocycles.